The van der Waals surface area contributed by atoms with Crippen LogP contribution in [0.5, 0.6) is 0 Å². The first-order valence-electron chi connectivity index (χ1n) is 8.61. The summed E-state index contributed by atoms with van der Waals surface area (Å²) in [6.07, 6.45) is 5.90. The van der Waals surface area contributed by atoms with Crippen molar-refractivity contribution in [1.82, 2.24) is 0 Å². The fourth-order valence-corrected chi connectivity index (χ4v) is 2.54. The molecule has 0 saturated heterocycles. The highest BCUT2D eigenvalue weighted by molar-refractivity contribution is 5.20. The average molecular weight is 279 g/mol. The molecule has 0 aromatic heterocycles. The van der Waals surface area contributed by atoms with Gasteiger partial charge >= 0.3 is 0 Å². The maximum absolute atomic E-state index is 2.37. The van der Waals surface area contributed by atoms with Crippen LogP contribution in [0.25, 0.3) is 0 Å². The highest BCUT2D eigenvalue weighted by Gasteiger charge is 2.13. The second kappa shape index (κ2) is 14.6. The summed E-state index contributed by atoms with van der Waals surface area (Å²) in [7, 11) is 0. The van der Waals surface area contributed by atoms with Gasteiger partial charge in [-0.05, 0) is 32.1 Å². The van der Waals surface area contributed by atoms with Crippen molar-refractivity contribution in [2.24, 2.45) is 11.8 Å². The minimum atomic E-state index is 1.01. The predicted molar refractivity (Wildman–Crippen MR) is 95.4 cm³/mol. The van der Waals surface area contributed by atoms with Crippen LogP contribution in [-0.4, -0.2) is 0 Å². The molecule has 2 atom stereocenters. The number of rotatable bonds is 0. The Morgan fingerprint density at radius 1 is 0.800 bits per heavy atom. The van der Waals surface area contributed by atoms with Gasteiger partial charge in [-0.1, -0.05) is 96.2 Å². The lowest BCUT2D eigenvalue weighted by molar-refractivity contribution is 0.301. The Kier molecular flexibility index (Phi) is 15.7. The molecule has 0 heterocycles. The number of aryl methyl sites for hydroxylation is 2. The van der Waals surface area contributed by atoms with Crippen molar-refractivity contribution in [3.63, 3.8) is 0 Å². The molecule has 118 valence electrons. The van der Waals surface area contributed by atoms with Crippen molar-refractivity contribution >= 4 is 0 Å². The Balaban J connectivity index is 0. The van der Waals surface area contributed by atoms with Crippen molar-refractivity contribution in [1.29, 1.82) is 0 Å². The molecular weight excluding hydrogens is 240 g/mol. The summed E-state index contributed by atoms with van der Waals surface area (Å²) >= 11 is 0. The van der Waals surface area contributed by atoms with Crippen LogP contribution < -0.4 is 0 Å². The maximum atomic E-state index is 2.37. The zero-order chi connectivity index (χ0) is 16.0. The van der Waals surface area contributed by atoms with Crippen LogP contribution in [-0.2, 0) is 0 Å². The fourth-order valence-electron chi connectivity index (χ4n) is 2.54. The van der Waals surface area contributed by atoms with Gasteiger partial charge in [0, 0.05) is 0 Å². The molecule has 1 aliphatic rings. The van der Waals surface area contributed by atoms with Gasteiger partial charge in [0.15, 0.2) is 0 Å². The lowest BCUT2D eigenvalue weighted by Crippen LogP contribution is -2.09. The van der Waals surface area contributed by atoms with E-state index in [1.807, 2.05) is 27.7 Å². The summed E-state index contributed by atoms with van der Waals surface area (Å²) < 4.78 is 0. The topological polar surface area (TPSA) is 0 Å². The SMILES string of the molecule is CC.CC.CC1CCCC(C)C1.Cc1cccc(C)c1. The molecule has 20 heavy (non-hydrogen) atoms. The normalized spacial score (nSPS) is 20.2. The molecule has 1 aliphatic carbocycles. The fraction of sp³-hybridized carbons (Fsp3) is 0.700. The largest absolute Gasteiger partial charge is 0.0683 e. The van der Waals surface area contributed by atoms with E-state index in [1.165, 1.54) is 36.8 Å². The Labute approximate surface area is 129 Å². The van der Waals surface area contributed by atoms with Crippen molar-refractivity contribution in [2.45, 2.75) is 81.1 Å². The molecule has 0 spiro atoms. The third-order valence-electron chi connectivity index (χ3n) is 3.37. The first kappa shape index (κ1) is 21.5. The van der Waals surface area contributed by atoms with Crippen LogP contribution in [0.3, 0.4) is 0 Å². The zero-order valence-electron chi connectivity index (χ0n) is 15.3. The van der Waals surface area contributed by atoms with E-state index in [0.717, 1.165) is 11.8 Å². The van der Waals surface area contributed by atoms with Crippen LogP contribution in [0.15, 0.2) is 24.3 Å². The van der Waals surface area contributed by atoms with Crippen molar-refractivity contribution in [3.8, 4) is 0 Å². The maximum Gasteiger partial charge on any atom is -0.0398 e. The molecule has 0 heteroatoms. The second-order valence-electron chi connectivity index (χ2n) is 5.54. The molecule has 0 nitrogen and oxygen atoms in total. The van der Waals surface area contributed by atoms with Crippen LogP contribution in [0.4, 0.5) is 0 Å². The standard InChI is InChI=1S/C8H16.C8H10.2C2H6/c2*1-7-4-3-5-8(2)6-7;2*1-2/h7-8H,3-6H2,1-2H3;3-6H,1-2H3;2*1-2H3. The molecule has 1 aromatic carbocycles. The van der Waals surface area contributed by atoms with Gasteiger partial charge in [-0.15, -0.1) is 0 Å². The molecule has 0 radical (unpaired) electrons. The Morgan fingerprint density at radius 2 is 1.20 bits per heavy atom. The summed E-state index contributed by atoms with van der Waals surface area (Å²) in [6.45, 7) is 16.9. The van der Waals surface area contributed by atoms with Crippen LogP contribution in [0, 0.1) is 25.7 Å². The van der Waals surface area contributed by atoms with Crippen LogP contribution >= 0.6 is 0 Å². The molecule has 2 unspecified atom stereocenters. The summed E-state index contributed by atoms with van der Waals surface area (Å²) in [5, 5.41) is 0. The Hall–Kier alpha value is -0.780. The summed E-state index contributed by atoms with van der Waals surface area (Å²) in [5.74, 6) is 2.03. The van der Waals surface area contributed by atoms with Gasteiger partial charge < -0.3 is 0 Å². The summed E-state index contributed by atoms with van der Waals surface area (Å²) in [6, 6.07) is 8.45. The Bertz CT molecular complexity index is 275. The van der Waals surface area contributed by atoms with Gasteiger partial charge in [-0.3, -0.25) is 0 Å². The van der Waals surface area contributed by atoms with Gasteiger partial charge in [-0.25, -0.2) is 0 Å². The first-order valence-corrected chi connectivity index (χ1v) is 8.61. The van der Waals surface area contributed by atoms with E-state index >= 15 is 0 Å². The summed E-state index contributed by atoms with van der Waals surface area (Å²) in [5.41, 5.74) is 2.68. The van der Waals surface area contributed by atoms with Crippen molar-refractivity contribution in [3.05, 3.63) is 35.4 Å². The minimum Gasteiger partial charge on any atom is -0.0683 e. The molecule has 0 amide bonds. The zero-order valence-corrected chi connectivity index (χ0v) is 15.3. The number of hydrogen-bond donors (Lipinski definition) is 0. The highest BCUT2D eigenvalue weighted by atomic mass is 14.2. The van der Waals surface area contributed by atoms with Gasteiger partial charge in [0.25, 0.3) is 0 Å². The molecule has 2 rings (SSSR count). The van der Waals surface area contributed by atoms with Crippen LogP contribution in [0.1, 0.15) is 78.4 Å². The van der Waals surface area contributed by atoms with Gasteiger partial charge in [-0.2, -0.15) is 0 Å². The quantitative estimate of drug-likeness (QED) is 0.471. The second-order valence-corrected chi connectivity index (χ2v) is 5.54. The van der Waals surface area contributed by atoms with E-state index in [2.05, 4.69) is 52.0 Å². The van der Waals surface area contributed by atoms with E-state index in [-0.39, 0.29) is 0 Å². The monoisotopic (exact) mass is 278 g/mol. The van der Waals surface area contributed by atoms with E-state index in [9.17, 15) is 0 Å². The average Bonchev–Trinajstić information content (AvgIpc) is 2.43. The van der Waals surface area contributed by atoms with Gasteiger partial charge in [0.2, 0.25) is 0 Å². The molecular formula is C20H38. The third kappa shape index (κ3) is 12.3. The molecule has 0 N–H and O–H groups in total. The van der Waals surface area contributed by atoms with Crippen LogP contribution in [0.2, 0.25) is 0 Å². The molecule has 1 fully saturated rings. The van der Waals surface area contributed by atoms with Gasteiger partial charge in [0.05, 0.1) is 0 Å². The third-order valence-corrected chi connectivity index (χ3v) is 3.37. The summed E-state index contributed by atoms with van der Waals surface area (Å²) in [4.78, 5) is 0. The first-order chi connectivity index (χ1) is 9.58. The highest BCUT2D eigenvalue weighted by Crippen LogP contribution is 2.27. The van der Waals surface area contributed by atoms with E-state index in [1.54, 1.807) is 0 Å². The number of hydrogen-bond acceptors (Lipinski definition) is 0. The van der Waals surface area contributed by atoms with Crippen molar-refractivity contribution in [2.75, 3.05) is 0 Å². The minimum absolute atomic E-state index is 1.01. The number of benzene rings is 1. The smallest absolute Gasteiger partial charge is 0.0398 e. The Morgan fingerprint density at radius 3 is 1.40 bits per heavy atom. The van der Waals surface area contributed by atoms with E-state index in [0.29, 0.717) is 0 Å². The lowest BCUT2D eigenvalue weighted by Gasteiger charge is -2.22. The predicted octanol–water partition coefficient (Wildman–Crippen LogP) is 7.19. The van der Waals surface area contributed by atoms with Crippen molar-refractivity contribution < 1.29 is 0 Å². The molecule has 1 saturated carbocycles. The van der Waals surface area contributed by atoms with E-state index < -0.39 is 0 Å². The lowest BCUT2D eigenvalue weighted by atomic mass is 9.84. The van der Waals surface area contributed by atoms with E-state index in [4.69, 9.17) is 0 Å². The molecule has 0 bridgehead atoms. The van der Waals surface area contributed by atoms with Gasteiger partial charge in [0.1, 0.15) is 0 Å². The molecule has 0 aliphatic heterocycles. The molecule has 1 aromatic rings.